The molecule has 0 saturated heterocycles. The molecule has 0 radical (unpaired) electrons. The van der Waals surface area contributed by atoms with Gasteiger partial charge in [0.1, 0.15) is 18.0 Å². The van der Waals surface area contributed by atoms with E-state index >= 15 is 0 Å². The number of aryl methyl sites for hydroxylation is 1. The number of aliphatic hydroxyl groups excluding tert-OH is 1. The number of benzene rings is 2. The average molecular weight is 913 g/mol. The molecular formula is C46H56N8O12. The molecule has 0 unspecified atom stereocenters. The number of aliphatic hydroxyl groups is 1. The number of ketones is 1. The minimum absolute atomic E-state index is 0.0473. The lowest BCUT2D eigenvalue weighted by molar-refractivity contribution is -0.137. The first-order valence-corrected chi connectivity index (χ1v) is 21.6. The number of ether oxygens (including phenoxy) is 1. The third kappa shape index (κ3) is 12.7. The summed E-state index contributed by atoms with van der Waals surface area (Å²) >= 11 is 0. The Labute approximate surface area is 381 Å². The third-order valence-electron chi connectivity index (χ3n) is 11.4. The molecule has 3 aliphatic rings. The summed E-state index contributed by atoms with van der Waals surface area (Å²) in [6.07, 6.45) is 5.62. The number of Topliss-reactive ketones (excluding diaryl/α,β-unsaturated/α-hetero) is 1. The van der Waals surface area contributed by atoms with Gasteiger partial charge < -0.3 is 47.3 Å². The van der Waals surface area contributed by atoms with Gasteiger partial charge in [-0.05, 0) is 79.8 Å². The maximum atomic E-state index is 13.8. The van der Waals surface area contributed by atoms with E-state index in [-0.39, 0.29) is 86.1 Å². The topological polar surface area (TPSA) is 301 Å². The van der Waals surface area contributed by atoms with Gasteiger partial charge in [0.25, 0.3) is 17.7 Å². The molecule has 0 saturated carbocycles. The van der Waals surface area contributed by atoms with Gasteiger partial charge in [-0.25, -0.2) is 14.5 Å². The highest BCUT2D eigenvalue weighted by Crippen LogP contribution is 2.42. The van der Waals surface area contributed by atoms with E-state index in [2.05, 4.69) is 16.0 Å². The summed E-state index contributed by atoms with van der Waals surface area (Å²) in [7, 11) is 0. The van der Waals surface area contributed by atoms with Crippen LogP contribution in [-0.2, 0) is 40.1 Å². The van der Waals surface area contributed by atoms with Crippen LogP contribution in [0, 0.1) is 18.8 Å². The largest absolute Gasteiger partial charge is 0.505 e. The number of phenolic OH excluding ortho intramolecular Hbond substituents is 1. The van der Waals surface area contributed by atoms with Crippen LogP contribution in [0.1, 0.15) is 86.7 Å². The number of anilines is 2. The fraction of sp³-hybridized carbons (Fsp3) is 0.413. The van der Waals surface area contributed by atoms with Crippen LogP contribution in [-0.4, -0.2) is 105 Å². The zero-order chi connectivity index (χ0) is 48.2. The number of primary amides is 2. The van der Waals surface area contributed by atoms with Crippen LogP contribution in [0.3, 0.4) is 0 Å². The number of nitrogens with zero attached hydrogens (tertiary/aromatic N) is 3. The molecule has 3 aliphatic heterocycles. The van der Waals surface area contributed by atoms with Crippen molar-refractivity contribution < 1.29 is 58.1 Å². The summed E-state index contributed by atoms with van der Waals surface area (Å²) in [5.41, 5.74) is 11.8. The maximum absolute atomic E-state index is 13.8. The molecule has 3 heterocycles. The second-order valence-corrected chi connectivity index (χ2v) is 16.6. The van der Waals surface area contributed by atoms with Crippen molar-refractivity contribution >= 4 is 64.7 Å². The Bertz CT molecular complexity index is 2310. The van der Waals surface area contributed by atoms with Crippen LogP contribution in [0.25, 0.3) is 0 Å². The van der Waals surface area contributed by atoms with Gasteiger partial charge in [-0.2, -0.15) is 0 Å². The first-order valence-electron chi connectivity index (χ1n) is 21.6. The molecule has 9 amide bonds. The number of nitrogens with two attached hydrogens (primary N) is 2. The first-order chi connectivity index (χ1) is 31.4. The minimum atomic E-state index is -1.69. The van der Waals surface area contributed by atoms with E-state index < -0.39 is 59.8 Å². The molecule has 9 N–H and O–H groups in total. The number of aromatic hydroxyl groups is 1. The van der Waals surface area contributed by atoms with Crippen molar-refractivity contribution in [1.82, 2.24) is 20.4 Å². The molecule has 66 heavy (non-hydrogen) atoms. The van der Waals surface area contributed by atoms with Crippen molar-refractivity contribution in [2.75, 3.05) is 23.3 Å². The number of unbranched alkanes of at least 4 members (excludes halogenated alkanes) is 2. The third-order valence-corrected chi connectivity index (χ3v) is 11.4. The molecule has 352 valence electrons. The number of carbonyl (C=O) groups is 9. The highest BCUT2D eigenvalue weighted by molar-refractivity contribution is 6.13. The number of rotatable bonds is 21. The quantitative estimate of drug-likeness (QED) is 0.0541. The lowest BCUT2D eigenvalue weighted by atomic mass is 9.89. The van der Waals surface area contributed by atoms with Crippen molar-refractivity contribution in [1.29, 1.82) is 0 Å². The fourth-order valence-corrected chi connectivity index (χ4v) is 7.81. The average Bonchev–Trinajstić information content (AvgIpc) is 3.83. The van der Waals surface area contributed by atoms with Gasteiger partial charge in [0, 0.05) is 62.0 Å². The fourth-order valence-electron chi connectivity index (χ4n) is 7.81. The highest BCUT2D eigenvalue weighted by atomic mass is 16.6. The number of hydrogen-bond donors (Lipinski definition) is 7. The van der Waals surface area contributed by atoms with Crippen LogP contribution in [0.5, 0.6) is 5.75 Å². The van der Waals surface area contributed by atoms with Crippen LogP contribution in [0.2, 0.25) is 0 Å². The molecule has 0 fully saturated rings. The van der Waals surface area contributed by atoms with E-state index in [0.717, 1.165) is 15.9 Å². The van der Waals surface area contributed by atoms with Gasteiger partial charge in [-0.1, -0.05) is 44.5 Å². The van der Waals surface area contributed by atoms with E-state index in [1.165, 1.54) is 41.5 Å². The van der Waals surface area contributed by atoms with Crippen LogP contribution >= 0.6 is 0 Å². The minimum Gasteiger partial charge on any atom is -0.505 e. The number of imide groups is 1. The van der Waals surface area contributed by atoms with Crippen molar-refractivity contribution in [2.45, 2.75) is 97.1 Å². The predicted octanol–water partition coefficient (Wildman–Crippen LogP) is 2.90. The summed E-state index contributed by atoms with van der Waals surface area (Å²) in [6.45, 7) is 5.19. The number of fused-ring (bicyclic) bond motifs is 2. The molecule has 0 bridgehead atoms. The Morgan fingerprint density at radius 1 is 0.939 bits per heavy atom. The monoisotopic (exact) mass is 912 g/mol. The summed E-state index contributed by atoms with van der Waals surface area (Å²) in [6, 6.07) is 6.54. The Morgan fingerprint density at radius 2 is 1.64 bits per heavy atom. The Balaban J connectivity index is 1.20. The molecule has 2 aromatic rings. The molecule has 5 rings (SSSR count). The lowest BCUT2D eigenvalue weighted by Gasteiger charge is -2.31. The van der Waals surface area contributed by atoms with Crippen molar-refractivity contribution in [3.05, 3.63) is 89.2 Å². The zero-order valence-corrected chi connectivity index (χ0v) is 37.0. The molecular weight excluding hydrogens is 857 g/mol. The maximum Gasteiger partial charge on any atom is 0.416 e. The number of carbonyl (C=O) groups excluding carboxylic acids is 9. The summed E-state index contributed by atoms with van der Waals surface area (Å²) in [5.74, 6) is -4.85. The van der Waals surface area contributed by atoms with E-state index in [4.69, 9.17) is 16.2 Å². The van der Waals surface area contributed by atoms with Gasteiger partial charge in [0.05, 0.1) is 17.6 Å². The number of phenols is 1. The first kappa shape index (κ1) is 49.7. The van der Waals surface area contributed by atoms with Crippen LogP contribution < -0.4 is 32.3 Å². The van der Waals surface area contributed by atoms with Crippen molar-refractivity contribution in [3.63, 3.8) is 0 Å². The highest BCUT2D eigenvalue weighted by Gasteiger charge is 2.46. The number of urea groups is 1. The van der Waals surface area contributed by atoms with Gasteiger partial charge in [0.15, 0.2) is 12.0 Å². The van der Waals surface area contributed by atoms with Gasteiger partial charge >= 0.3 is 12.1 Å². The second-order valence-electron chi connectivity index (χ2n) is 16.6. The smallest absolute Gasteiger partial charge is 0.416 e. The zero-order valence-electron chi connectivity index (χ0n) is 37.0. The summed E-state index contributed by atoms with van der Waals surface area (Å²) in [4.78, 5) is 117. The number of amides is 9. The normalized spacial score (nSPS) is 17.6. The standard InChI is InChI=1S/C46H56N8O12/c1-26(2)39(51-36(57)9-5-4-6-21-52-37(58)18-19-38(52)59)34(55)23-30(8-7-20-49-45(48)64)42(61)50-31-14-11-28(12-15-31)25-66-46(65)54-40-32(16-10-27(3)41(40)60)43(62)53-24-29(13-17-35(47)56)22-33(53)44(54)63/h10-19,24,26,30,33,39,44,60,63H,4-9,20-23,25H2,1-3H3,(H2,47,56)(H,50,61)(H,51,57)(H3,48,49,64)/b17-13+/t30-,33+,39+,44+/m1/s1. The molecule has 4 atom stereocenters. The lowest BCUT2D eigenvalue weighted by Crippen LogP contribution is -2.50. The van der Waals surface area contributed by atoms with Crippen LogP contribution in [0.4, 0.5) is 21.0 Å². The Kier molecular flexibility index (Phi) is 16.9. The van der Waals surface area contributed by atoms with Gasteiger partial charge in [-0.15, -0.1) is 0 Å². The molecule has 20 heteroatoms. The van der Waals surface area contributed by atoms with Crippen molar-refractivity contribution in [2.24, 2.45) is 23.3 Å². The molecule has 0 spiro atoms. The summed E-state index contributed by atoms with van der Waals surface area (Å²) in [5, 5.41) is 30.8. The number of nitrogens with one attached hydrogen (secondary N) is 3. The van der Waals surface area contributed by atoms with Crippen molar-refractivity contribution in [3.8, 4) is 5.75 Å². The van der Waals surface area contributed by atoms with E-state index in [1.807, 2.05) is 0 Å². The molecule has 20 nitrogen and oxygen atoms in total. The summed E-state index contributed by atoms with van der Waals surface area (Å²) < 4.78 is 5.61. The number of hydrogen-bond acceptors (Lipinski definition) is 12. The SMILES string of the molecule is Cc1ccc2c(c1O)N(C(=O)OCc1ccc(NC(=O)[C@H](CCCNC(N)=O)CC(=O)[C@@H](NC(=O)CCCCCN3C(=O)C=CC3=O)C(C)C)cc1)[C@@H](O)[C@@H]1CC(/C=C/C(N)=O)=CN1C2=O. The van der Waals surface area contributed by atoms with Crippen LogP contribution in [0.15, 0.2) is 72.5 Å². The number of allylic oxidation sites excluding steroid dienone is 1. The van der Waals surface area contributed by atoms with Gasteiger partial charge in [-0.3, -0.25) is 38.5 Å². The Morgan fingerprint density at radius 3 is 2.29 bits per heavy atom. The Hall–Kier alpha value is -7.35. The molecule has 0 aromatic heterocycles. The second kappa shape index (κ2) is 22.5. The predicted molar refractivity (Wildman–Crippen MR) is 239 cm³/mol. The molecule has 2 aromatic carbocycles. The van der Waals surface area contributed by atoms with E-state index in [1.54, 1.807) is 45.0 Å². The molecule has 0 aliphatic carbocycles. The van der Waals surface area contributed by atoms with Gasteiger partial charge in [0.2, 0.25) is 17.7 Å². The van der Waals surface area contributed by atoms with E-state index in [9.17, 15) is 53.4 Å². The van der Waals surface area contributed by atoms with E-state index in [0.29, 0.717) is 48.1 Å².